The molecule has 1 saturated heterocycles. The van der Waals surface area contributed by atoms with E-state index in [1.807, 2.05) is 0 Å². The van der Waals surface area contributed by atoms with Crippen LogP contribution in [0.25, 0.3) is 0 Å². The lowest BCUT2D eigenvalue weighted by Gasteiger charge is -2.02. The topological polar surface area (TPSA) is 49.8 Å². The van der Waals surface area contributed by atoms with Crippen molar-refractivity contribution in [3.63, 3.8) is 0 Å². The largest absolute Gasteiger partial charge is 0.389 e. The van der Waals surface area contributed by atoms with Crippen LogP contribution in [-0.2, 0) is 9.63 Å². The first-order valence-corrected chi connectivity index (χ1v) is 2.36. The van der Waals surface area contributed by atoms with E-state index in [1.165, 1.54) is 0 Å². The van der Waals surface area contributed by atoms with Gasteiger partial charge in [-0.25, -0.2) is 5.06 Å². The highest BCUT2D eigenvalue weighted by molar-refractivity contribution is 5.45. The summed E-state index contributed by atoms with van der Waals surface area (Å²) in [5.74, 6) is 0. The van der Waals surface area contributed by atoms with Gasteiger partial charge >= 0.3 is 0 Å². The van der Waals surface area contributed by atoms with Crippen LogP contribution in [0.3, 0.4) is 0 Å². The second-order valence-electron chi connectivity index (χ2n) is 1.65. The van der Waals surface area contributed by atoms with E-state index in [-0.39, 0.29) is 6.61 Å². The van der Waals surface area contributed by atoms with Gasteiger partial charge in [0.1, 0.15) is 6.61 Å². The quantitative estimate of drug-likeness (QED) is 0.436. The molecule has 1 atom stereocenters. The van der Waals surface area contributed by atoms with Crippen LogP contribution >= 0.6 is 0 Å². The molecule has 1 rings (SSSR count). The van der Waals surface area contributed by atoms with Gasteiger partial charge < -0.3 is 5.11 Å². The Morgan fingerprint density at radius 1 is 1.88 bits per heavy atom. The predicted octanol–water partition coefficient (Wildman–Crippen LogP) is -1.25. The number of hydroxylamine groups is 2. The molecule has 4 heteroatoms. The van der Waals surface area contributed by atoms with Crippen LogP contribution in [0.2, 0.25) is 0 Å². The third-order valence-electron chi connectivity index (χ3n) is 0.941. The summed E-state index contributed by atoms with van der Waals surface area (Å²) in [7, 11) is 0. The standard InChI is InChI=1S/C4H7NO3/c6-3-5-1-4(7)2-8-5/h3-4,7H,1-2H2/t4-/m1/s1. The Bertz CT molecular complexity index is 95.3. The van der Waals surface area contributed by atoms with Gasteiger partial charge in [0.25, 0.3) is 0 Å². The van der Waals surface area contributed by atoms with Crippen molar-refractivity contribution >= 4 is 6.41 Å². The van der Waals surface area contributed by atoms with Crippen LogP contribution in [0.4, 0.5) is 0 Å². The lowest BCUT2D eigenvalue weighted by atomic mass is 10.4. The lowest BCUT2D eigenvalue weighted by molar-refractivity contribution is -0.153. The summed E-state index contributed by atoms with van der Waals surface area (Å²) in [5.41, 5.74) is 0. The van der Waals surface area contributed by atoms with E-state index >= 15 is 0 Å². The highest BCUT2D eigenvalue weighted by Crippen LogP contribution is 2.00. The Morgan fingerprint density at radius 3 is 2.88 bits per heavy atom. The van der Waals surface area contributed by atoms with Crippen molar-refractivity contribution in [2.24, 2.45) is 0 Å². The summed E-state index contributed by atoms with van der Waals surface area (Å²) >= 11 is 0. The van der Waals surface area contributed by atoms with Crippen molar-refractivity contribution in [1.82, 2.24) is 5.06 Å². The molecular weight excluding hydrogens is 110 g/mol. The molecule has 1 heterocycles. The van der Waals surface area contributed by atoms with E-state index in [1.54, 1.807) is 0 Å². The molecule has 0 aromatic rings. The Balaban J connectivity index is 2.32. The summed E-state index contributed by atoms with van der Waals surface area (Å²) in [6.45, 7) is 0.530. The minimum atomic E-state index is -0.500. The molecule has 0 unspecified atom stereocenters. The number of hydrogen-bond acceptors (Lipinski definition) is 3. The molecule has 0 saturated carbocycles. The van der Waals surface area contributed by atoms with Gasteiger partial charge in [0.15, 0.2) is 0 Å². The van der Waals surface area contributed by atoms with Gasteiger partial charge in [0.2, 0.25) is 6.41 Å². The number of hydrogen-bond donors (Lipinski definition) is 1. The van der Waals surface area contributed by atoms with Gasteiger partial charge in [0.05, 0.1) is 12.6 Å². The van der Waals surface area contributed by atoms with Crippen LogP contribution in [0.5, 0.6) is 0 Å². The fourth-order valence-electron chi connectivity index (χ4n) is 0.568. The van der Waals surface area contributed by atoms with E-state index in [0.717, 1.165) is 5.06 Å². The summed E-state index contributed by atoms with van der Waals surface area (Å²) in [6.07, 6.45) is 0.0520. The lowest BCUT2D eigenvalue weighted by Crippen LogP contribution is -2.18. The van der Waals surface area contributed by atoms with Gasteiger partial charge in [0, 0.05) is 0 Å². The van der Waals surface area contributed by atoms with Crippen LogP contribution < -0.4 is 0 Å². The molecule has 8 heavy (non-hydrogen) atoms. The number of nitrogens with zero attached hydrogens (tertiary/aromatic N) is 1. The number of carbonyl (C=O) groups is 1. The van der Waals surface area contributed by atoms with Crippen molar-refractivity contribution in [2.75, 3.05) is 13.2 Å². The zero-order valence-corrected chi connectivity index (χ0v) is 4.28. The number of aliphatic hydroxyl groups excluding tert-OH is 1. The summed E-state index contributed by atoms with van der Waals surface area (Å²) < 4.78 is 0. The Labute approximate surface area is 46.6 Å². The SMILES string of the molecule is O=CN1C[C@@H](O)CO1. The monoisotopic (exact) mass is 117 g/mol. The Kier molecular flexibility index (Phi) is 1.45. The molecule has 4 nitrogen and oxygen atoms in total. The summed E-state index contributed by atoms with van der Waals surface area (Å²) in [6, 6.07) is 0. The molecule has 0 aromatic heterocycles. The first-order chi connectivity index (χ1) is 3.83. The average Bonchev–Trinajstić information content (AvgIpc) is 2.14. The van der Waals surface area contributed by atoms with E-state index in [9.17, 15) is 4.79 Å². The smallest absolute Gasteiger partial charge is 0.233 e. The van der Waals surface area contributed by atoms with Gasteiger partial charge in [-0.3, -0.25) is 9.63 Å². The Hall–Kier alpha value is -0.610. The van der Waals surface area contributed by atoms with Crippen molar-refractivity contribution in [3.8, 4) is 0 Å². The molecule has 0 spiro atoms. The molecule has 1 fully saturated rings. The van der Waals surface area contributed by atoms with Crippen LogP contribution in [0.1, 0.15) is 0 Å². The van der Waals surface area contributed by atoms with E-state index in [2.05, 4.69) is 4.84 Å². The molecule has 1 N–H and O–H groups in total. The third-order valence-corrected chi connectivity index (χ3v) is 0.941. The van der Waals surface area contributed by atoms with Crippen molar-refractivity contribution < 1.29 is 14.7 Å². The van der Waals surface area contributed by atoms with Gasteiger partial charge in [-0.05, 0) is 0 Å². The predicted molar refractivity (Wildman–Crippen MR) is 24.7 cm³/mol. The average molecular weight is 117 g/mol. The van der Waals surface area contributed by atoms with Crippen molar-refractivity contribution in [3.05, 3.63) is 0 Å². The zero-order valence-electron chi connectivity index (χ0n) is 4.28. The fourth-order valence-corrected chi connectivity index (χ4v) is 0.568. The van der Waals surface area contributed by atoms with Gasteiger partial charge in [-0.1, -0.05) is 0 Å². The minimum Gasteiger partial charge on any atom is -0.389 e. The number of carbonyl (C=O) groups excluding carboxylic acids is 1. The van der Waals surface area contributed by atoms with E-state index < -0.39 is 6.10 Å². The maximum atomic E-state index is 9.84. The number of amides is 1. The summed E-state index contributed by atoms with van der Waals surface area (Å²) in [5, 5.41) is 9.78. The number of aliphatic hydroxyl groups is 1. The normalized spacial score (nSPS) is 28.6. The van der Waals surface area contributed by atoms with Crippen LogP contribution in [0, 0.1) is 0 Å². The first-order valence-electron chi connectivity index (χ1n) is 2.36. The highest BCUT2D eigenvalue weighted by atomic mass is 16.7. The molecule has 0 radical (unpaired) electrons. The molecular formula is C4H7NO3. The first kappa shape index (κ1) is 5.53. The second-order valence-corrected chi connectivity index (χ2v) is 1.65. The highest BCUT2D eigenvalue weighted by Gasteiger charge is 2.18. The molecule has 1 aliphatic heterocycles. The van der Waals surface area contributed by atoms with E-state index in [0.29, 0.717) is 13.0 Å². The third kappa shape index (κ3) is 0.962. The Morgan fingerprint density at radius 2 is 2.62 bits per heavy atom. The second kappa shape index (κ2) is 2.11. The molecule has 1 aliphatic rings. The number of β-amino-alcohol motifs (C(OH)–C–C–N with tert-alkyl or cyclic N) is 1. The summed E-state index contributed by atoms with van der Waals surface area (Å²) in [4.78, 5) is 14.5. The maximum absolute atomic E-state index is 9.84. The van der Waals surface area contributed by atoms with Crippen LogP contribution in [0.15, 0.2) is 0 Å². The van der Waals surface area contributed by atoms with Gasteiger partial charge in [-0.15, -0.1) is 0 Å². The molecule has 0 aliphatic carbocycles. The fraction of sp³-hybridized carbons (Fsp3) is 0.750. The number of rotatable bonds is 1. The van der Waals surface area contributed by atoms with Crippen molar-refractivity contribution in [1.29, 1.82) is 0 Å². The van der Waals surface area contributed by atoms with Crippen LogP contribution in [-0.4, -0.2) is 35.8 Å². The molecule has 46 valence electrons. The van der Waals surface area contributed by atoms with Gasteiger partial charge in [-0.2, -0.15) is 0 Å². The molecule has 0 aromatic carbocycles. The molecule has 0 bridgehead atoms. The minimum absolute atomic E-state index is 0.235. The van der Waals surface area contributed by atoms with Crippen molar-refractivity contribution in [2.45, 2.75) is 6.10 Å². The van der Waals surface area contributed by atoms with E-state index in [4.69, 9.17) is 5.11 Å². The molecule has 1 amide bonds. The maximum Gasteiger partial charge on any atom is 0.233 e. The zero-order chi connectivity index (χ0) is 5.98.